The van der Waals surface area contributed by atoms with Gasteiger partial charge in [-0.2, -0.15) is 15.2 Å². The first kappa shape index (κ1) is 32.5. The molecule has 1 aliphatic heterocycles. The molecule has 0 bridgehead atoms. The largest absolute Gasteiger partial charge is 0.486 e. The fourth-order valence-corrected chi connectivity index (χ4v) is 5.18. The Hall–Kier alpha value is -7.02. The highest BCUT2D eigenvalue weighted by Gasteiger charge is 2.10. The van der Waals surface area contributed by atoms with Crippen molar-refractivity contribution in [2.24, 2.45) is 0 Å². The Kier molecular flexibility index (Phi) is 9.86. The van der Waals surface area contributed by atoms with Crippen molar-refractivity contribution in [2.45, 2.75) is 13.8 Å². The van der Waals surface area contributed by atoms with Crippen molar-refractivity contribution in [3.63, 3.8) is 0 Å². The summed E-state index contributed by atoms with van der Waals surface area (Å²) in [6.45, 7) is 5.24. The van der Waals surface area contributed by atoms with Crippen molar-refractivity contribution in [3.05, 3.63) is 133 Å². The number of ether oxygens (including phenoxy) is 2. The van der Waals surface area contributed by atoms with E-state index in [0.717, 1.165) is 67.8 Å². The van der Waals surface area contributed by atoms with E-state index in [-0.39, 0.29) is 0 Å². The second kappa shape index (κ2) is 15.5. The lowest BCUT2D eigenvalue weighted by Gasteiger charge is -2.17. The van der Waals surface area contributed by atoms with Gasteiger partial charge in [-0.1, -0.05) is 54.6 Å². The molecule has 13 heteroatoms. The number of nitrogens with one attached hydrogen (secondary N) is 5. The molecule has 0 saturated heterocycles. The smallest absolute Gasteiger partial charge is 0.229 e. The van der Waals surface area contributed by atoms with Crippen LogP contribution in [0.4, 0.5) is 34.9 Å². The molecule has 0 fully saturated rings. The van der Waals surface area contributed by atoms with Crippen LogP contribution in [0.25, 0.3) is 21.8 Å². The van der Waals surface area contributed by atoms with Crippen molar-refractivity contribution in [3.8, 4) is 11.5 Å². The Labute approximate surface area is 293 Å². The molecule has 0 amide bonds. The van der Waals surface area contributed by atoms with Crippen molar-refractivity contribution >= 4 is 56.7 Å². The van der Waals surface area contributed by atoms with Crippen molar-refractivity contribution in [1.82, 2.24) is 40.3 Å². The van der Waals surface area contributed by atoms with E-state index in [1.54, 1.807) is 6.33 Å². The molecule has 4 aromatic carbocycles. The maximum absolute atomic E-state index is 5.30. The summed E-state index contributed by atoms with van der Waals surface area (Å²) in [4.78, 5) is 17.6. The van der Waals surface area contributed by atoms with Gasteiger partial charge in [0.25, 0.3) is 0 Å². The number of benzene rings is 4. The second-order valence-corrected chi connectivity index (χ2v) is 11.4. The summed E-state index contributed by atoms with van der Waals surface area (Å²) in [5.74, 6) is 5.21. The zero-order chi connectivity index (χ0) is 34.8. The minimum absolute atomic E-state index is 0.537. The number of hydrogen-bond donors (Lipinski definition) is 5. The first-order valence-corrected chi connectivity index (χ1v) is 16.3. The first-order valence-electron chi connectivity index (χ1n) is 16.3. The summed E-state index contributed by atoms with van der Waals surface area (Å²) in [7, 11) is 0. The van der Waals surface area contributed by atoms with Crippen LogP contribution in [0.5, 0.6) is 11.5 Å². The monoisotopic (exact) mass is 677 g/mol. The molecule has 0 spiro atoms. The molecule has 0 aliphatic carbocycles. The zero-order valence-corrected chi connectivity index (χ0v) is 28.0. The molecule has 5 heterocycles. The van der Waals surface area contributed by atoms with E-state index < -0.39 is 0 Å². The van der Waals surface area contributed by atoms with Gasteiger partial charge in [0.05, 0.1) is 11.0 Å². The maximum atomic E-state index is 5.30. The molecule has 0 radical (unpaired) electrons. The molecule has 0 saturated carbocycles. The number of H-pyrrole nitrogens is 2. The number of anilines is 6. The molecule has 4 aromatic heterocycles. The lowest BCUT2D eigenvalue weighted by Crippen LogP contribution is -2.14. The average molecular weight is 678 g/mol. The van der Waals surface area contributed by atoms with Gasteiger partial charge in [-0.25, -0.2) is 15.0 Å². The van der Waals surface area contributed by atoms with Crippen molar-refractivity contribution in [2.75, 3.05) is 29.2 Å². The van der Waals surface area contributed by atoms with E-state index in [9.17, 15) is 0 Å². The highest BCUT2D eigenvalue weighted by atomic mass is 16.6. The SMILES string of the molecule is Cc1cc(Nc2nc(Nc3ccccc3)nc3ccccc23)n[nH]1.Cc1cc(Nc2ncnc3ccccc23)n[nH]1.c1ccc2c(c1)OCCO2. The summed E-state index contributed by atoms with van der Waals surface area (Å²) in [6, 6.07) is 37.2. The minimum atomic E-state index is 0.537. The van der Waals surface area contributed by atoms with Crippen LogP contribution in [0.3, 0.4) is 0 Å². The molecule has 8 aromatic rings. The quantitative estimate of drug-likeness (QED) is 0.116. The van der Waals surface area contributed by atoms with Gasteiger partial charge in [-0.15, -0.1) is 0 Å². The molecule has 9 rings (SSSR count). The van der Waals surface area contributed by atoms with Crippen molar-refractivity contribution in [1.29, 1.82) is 0 Å². The molecule has 254 valence electrons. The fraction of sp³-hybridized carbons (Fsp3) is 0.105. The molecule has 51 heavy (non-hydrogen) atoms. The number of fused-ring (bicyclic) bond motifs is 3. The third-order valence-corrected chi connectivity index (χ3v) is 7.53. The van der Waals surface area contributed by atoms with E-state index >= 15 is 0 Å². The number of para-hydroxylation sites is 5. The van der Waals surface area contributed by atoms with E-state index in [1.807, 2.05) is 129 Å². The third kappa shape index (κ3) is 8.35. The Morgan fingerprint density at radius 3 is 1.73 bits per heavy atom. The minimum Gasteiger partial charge on any atom is -0.486 e. The summed E-state index contributed by atoms with van der Waals surface area (Å²) >= 11 is 0. The van der Waals surface area contributed by atoms with E-state index in [0.29, 0.717) is 25.0 Å². The number of aromatic nitrogens is 8. The zero-order valence-electron chi connectivity index (χ0n) is 28.0. The van der Waals surface area contributed by atoms with Crippen LogP contribution in [0.1, 0.15) is 11.4 Å². The Balaban J connectivity index is 0.000000130. The van der Waals surface area contributed by atoms with Gasteiger partial charge in [0.1, 0.15) is 31.2 Å². The van der Waals surface area contributed by atoms with Gasteiger partial charge in [0.2, 0.25) is 5.95 Å². The number of nitrogens with zero attached hydrogens (tertiary/aromatic N) is 6. The molecule has 5 N–H and O–H groups in total. The van der Waals surface area contributed by atoms with Crippen LogP contribution < -0.4 is 25.4 Å². The summed E-state index contributed by atoms with van der Waals surface area (Å²) in [5.41, 5.74) is 4.71. The molecular weight excluding hydrogens is 642 g/mol. The molecule has 13 nitrogen and oxygen atoms in total. The van der Waals surface area contributed by atoms with E-state index in [1.165, 1.54) is 0 Å². The normalized spacial score (nSPS) is 11.5. The Morgan fingerprint density at radius 2 is 1.10 bits per heavy atom. The summed E-state index contributed by atoms with van der Waals surface area (Å²) < 4.78 is 10.6. The molecule has 0 unspecified atom stereocenters. The van der Waals surface area contributed by atoms with Crippen LogP contribution >= 0.6 is 0 Å². The van der Waals surface area contributed by atoms with Crippen LogP contribution in [0.2, 0.25) is 0 Å². The molecule has 1 aliphatic rings. The van der Waals surface area contributed by atoms with Gasteiger partial charge in [-0.3, -0.25) is 10.2 Å². The van der Waals surface area contributed by atoms with Gasteiger partial charge in [0.15, 0.2) is 23.1 Å². The number of aromatic amines is 2. The Bertz CT molecular complexity index is 2330. The fourth-order valence-electron chi connectivity index (χ4n) is 5.18. The van der Waals surface area contributed by atoms with Gasteiger partial charge < -0.3 is 25.4 Å². The predicted octanol–water partition coefficient (Wildman–Crippen LogP) is 8.01. The van der Waals surface area contributed by atoms with Gasteiger partial charge >= 0.3 is 0 Å². The van der Waals surface area contributed by atoms with Gasteiger partial charge in [-0.05, 0) is 62.4 Å². The molecule has 0 atom stereocenters. The van der Waals surface area contributed by atoms with Crippen LogP contribution in [-0.2, 0) is 0 Å². The van der Waals surface area contributed by atoms with E-state index in [4.69, 9.17) is 9.47 Å². The summed E-state index contributed by atoms with van der Waals surface area (Å²) in [6.07, 6.45) is 1.55. The van der Waals surface area contributed by atoms with Crippen molar-refractivity contribution < 1.29 is 9.47 Å². The highest BCUT2D eigenvalue weighted by Crippen LogP contribution is 2.29. The summed E-state index contributed by atoms with van der Waals surface area (Å²) in [5, 5.41) is 25.7. The maximum Gasteiger partial charge on any atom is 0.229 e. The lowest BCUT2D eigenvalue weighted by atomic mass is 10.2. The molecular formula is C38H35N11O2. The Morgan fingerprint density at radius 1 is 0.549 bits per heavy atom. The highest BCUT2D eigenvalue weighted by molar-refractivity contribution is 5.92. The van der Waals surface area contributed by atoms with Crippen LogP contribution in [-0.4, -0.2) is 53.5 Å². The van der Waals surface area contributed by atoms with Crippen LogP contribution in [0, 0.1) is 13.8 Å². The average Bonchev–Trinajstić information content (AvgIpc) is 3.79. The third-order valence-electron chi connectivity index (χ3n) is 7.53. The first-order chi connectivity index (χ1) is 25.1. The predicted molar refractivity (Wildman–Crippen MR) is 199 cm³/mol. The number of aryl methyl sites for hydroxylation is 2. The second-order valence-electron chi connectivity index (χ2n) is 11.4. The standard InChI is InChI=1S/C18H16N6.C12H11N5.C8H8O2/c1-12-11-16(24-23-12)21-17-14-9-5-6-10-15(14)20-18(22-17)19-13-7-3-2-4-8-13;1-8-6-11(17-16-8)15-12-9-4-2-3-5-10(9)13-7-14-12;1-2-4-8-7(3-1)9-5-6-10-8/h2-11H,1H3,(H3,19,20,21,22,23,24);2-7H,1H3,(H2,13,14,15,16,17);1-4H,5-6H2. The lowest BCUT2D eigenvalue weighted by molar-refractivity contribution is 0.171. The number of hydrogen-bond acceptors (Lipinski definition) is 11. The van der Waals surface area contributed by atoms with Gasteiger partial charge in [0, 0.05) is 40.0 Å². The number of rotatable bonds is 6. The van der Waals surface area contributed by atoms with E-state index in [2.05, 4.69) is 56.3 Å². The van der Waals surface area contributed by atoms with Crippen LogP contribution in [0.15, 0.2) is 122 Å². The topological polar surface area (TPSA) is 163 Å².